The summed E-state index contributed by atoms with van der Waals surface area (Å²) in [4.78, 5) is 0. The summed E-state index contributed by atoms with van der Waals surface area (Å²) < 4.78 is 2.03. The number of hydrogen-bond acceptors (Lipinski definition) is 2. The highest BCUT2D eigenvalue weighted by atomic mass is 15.3. The summed E-state index contributed by atoms with van der Waals surface area (Å²) >= 11 is 0. The van der Waals surface area contributed by atoms with E-state index in [1.807, 2.05) is 10.9 Å². The predicted molar refractivity (Wildman–Crippen MR) is 60.2 cm³/mol. The van der Waals surface area contributed by atoms with Gasteiger partial charge in [0.05, 0.1) is 11.9 Å². The van der Waals surface area contributed by atoms with Crippen molar-refractivity contribution in [1.82, 2.24) is 9.78 Å². The number of anilines is 1. The molecule has 2 bridgehead atoms. The molecule has 3 heteroatoms. The number of fused-ring (bicyclic) bond motifs is 3. The highest BCUT2D eigenvalue weighted by molar-refractivity contribution is 5.30. The molecular formula is C12H19N3. The molecule has 1 atom stereocenters. The fraction of sp³-hybridized carbons (Fsp3) is 0.750. The van der Waals surface area contributed by atoms with Crippen molar-refractivity contribution in [2.75, 3.05) is 5.73 Å². The summed E-state index contributed by atoms with van der Waals surface area (Å²) in [5, 5.41) is 4.29. The van der Waals surface area contributed by atoms with Gasteiger partial charge in [-0.15, -0.1) is 0 Å². The van der Waals surface area contributed by atoms with Crippen LogP contribution in [0.25, 0.3) is 0 Å². The molecule has 1 heterocycles. The van der Waals surface area contributed by atoms with E-state index in [9.17, 15) is 0 Å². The Kier molecular flexibility index (Phi) is 2.19. The van der Waals surface area contributed by atoms with Crippen molar-refractivity contribution in [3.63, 3.8) is 0 Å². The summed E-state index contributed by atoms with van der Waals surface area (Å²) in [5.41, 5.74) is 6.46. The molecule has 0 spiro atoms. The second-order valence-electron chi connectivity index (χ2n) is 5.27. The molecule has 1 aromatic rings. The second kappa shape index (κ2) is 3.54. The lowest BCUT2D eigenvalue weighted by molar-refractivity contribution is 0.0843. The van der Waals surface area contributed by atoms with Crippen LogP contribution in [0.5, 0.6) is 0 Å². The Bertz CT molecular complexity index is 336. The first kappa shape index (κ1) is 9.25. The van der Waals surface area contributed by atoms with Crippen molar-refractivity contribution in [3.8, 4) is 0 Å². The van der Waals surface area contributed by atoms with Gasteiger partial charge in [-0.3, -0.25) is 4.68 Å². The zero-order valence-corrected chi connectivity index (χ0v) is 9.10. The maximum absolute atomic E-state index is 5.68. The number of aromatic nitrogens is 2. The van der Waals surface area contributed by atoms with Gasteiger partial charge < -0.3 is 5.73 Å². The maximum atomic E-state index is 5.68. The van der Waals surface area contributed by atoms with E-state index in [1.165, 1.54) is 32.1 Å². The van der Waals surface area contributed by atoms with E-state index < -0.39 is 0 Å². The molecule has 3 aliphatic carbocycles. The summed E-state index contributed by atoms with van der Waals surface area (Å²) in [6.07, 6.45) is 11.0. The third-order valence-electron chi connectivity index (χ3n) is 4.27. The van der Waals surface area contributed by atoms with Crippen LogP contribution < -0.4 is 5.73 Å². The van der Waals surface area contributed by atoms with Gasteiger partial charge in [0.2, 0.25) is 0 Å². The highest BCUT2D eigenvalue weighted by Crippen LogP contribution is 2.45. The molecule has 0 radical (unpaired) electrons. The van der Waals surface area contributed by atoms with E-state index in [1.54, 1.807) is 6.20 Å². The number of rotatable bonds is 2. The van der Waals surface area contributed by atoms with Crippen LogP contribution >= 0.6 is 0 Å². The lowest BCUT2D eigenvalue weighted by Gasteiger charge is -2.42. The molecule has 82 valence electrons. The minimum absolute atomic E-state index is 0.788. The smallest absolute Gasteiger partial charge is 0.0719 e. The van der Waals surface area contributed by atoms with Crippen LogP contribution in [-0.2, 0) is 6.54 Å². The van der Waals surface area contributed by atoms with Crippen molar-refractivity contribution in [2.24, 2.45) is 17.8 Å². The van der Waals surface area contributed by atoms with Crippen LogP contribution in [-0.4, -0.2) is 9.78 Å². The van der Waals surface area contributed by atoms with E-state index in [4.69, 9.17) is 5.73 Å². The third kappa shape index (κ3) is 1.75. The van der Waals surface area contributed by atoms with Crippen molar-refractivity contribution in [2.45, 2.75) is 38.6 Å². The summed E-state index contributed by atoms with van der Waals surface area (Å²) in [6.45, 7) is 1.08. The fourth-order valence-electron chi connectivity index (χ4n) is 3.46. The van der Waals surface area contributed by atoms with Crippen molar-refractivity contribution in [1.29, 1.82) is 0 Å². The largest absolute Gasteiger partial charge is 0.396 e. The molecule has 3 nitrogen and oxygen atoms in total. The highest BCUT2D eigenvalue weighted by Gasteiger charge is 2.35. The van der Waals surface area contributed by atoms with Gasteiger partial charge in [0.25, 0.3) is 0 Å². The first-order chi connectivity index (χ1) is 7.31. The molecule has 1 unspecified atom stereocenters. The Morgan fingerprint density at radius 3 is 2.67 bits per heavy atom. The Balaban J connectivity index is 1.68. The number of hydrogen-bond donors (Lipinski definition) is 1. The molecule has 0 aliphatic heterocycles. The zero-order chi connectivity index (χ0) is 10.3. The second-order valence-corrected chi connectivity index (χ2v) is 5.27. The number of nitrogens with zero attached hydrogens (tertiary/aromatic N) is 2. The molecule has 4 rings (SSSR count). The van der Waals surface area contributed by atoms with Gasteiger partial charge in [-0.05, 0) is 37.0 Å². The van der Waals surface area contributed by atoms with E-state index in [0.29, 0.717) is 0 Å². The minimum Gasteiger partial charge on any atom is -0.396 e. The van der Waals surface area contributed by atoms with Gasteiger partial charge in [-0.2, -0.15) is 5.10 Å². The van der Waals surface area contributed by atoms with Crippen molar-refractivity contribution in [3.05, 3.63) is 12.4 Å². The first-order valence-electron chi connectivity index (χ1n) is 6.09. The van der Waals surface area contributed by atoms with Crippen molar-refractivity contribution >= 4 is 5.69 Å². The average Bonchev–Trinajstić information content (AvgIpc) is 2.66. The van der Waals surface area contributed by atoms with Crippen LogP contribution in [0.1, 0.15) is 32.1 Å². The Morgan fingerprint density at radius 1 is 1.33 bits per heavy atom. The Morgan fingerprint density at radius 2 is 2.13 bits per heavy atom. The van der Waals surface area contributed by atoms with Gasteiger partial charge in [-0.1, -0.05) is 12.8 Å². The van der Waals surface area contributed by atoms with E-state index in [0.717, 1.165) is 30.0 Å². The summed E-state index contributed by atoms with van der Waals surface area (Å²) in [5.74, 6) is 2.82. The normalized spacial score (nSPS) is 34.5. The quantitative estimate of drug-likeness (QED) is 0.805. The Hall–Kier alpha value is -0.990. The van der Waals surface area contributed by atoms with Crippen LogP contribution in [0.2, 0.25) is 0 Å². The SMILES string of the molecule is Nc1cnn(CC2CC3CCC2CC3)c1. The molecule has 3 fully saturated rings. The molecule has 3 aliphatic rings. The average molecular weight is 205 g/mol. The van der Waals surface area contributed by atoms with Gasteiger partial charge in [0.15, 0.2) is 0 Å². The Labute approximate surface area is 90.7 Å². The molecule has 1 aromatic heterocycles. The van der Waals surface area contributed by atoms with Crippen molar-refractivity contribution < 1.29 is 0 Å². The predicted octanol–water partition coefficient (Wildman–Crippen LogP) is 2.29. The topological polar surface area (TPSA) is 43.8 Å². The van der Waals surface area contributed by atoms with Gasteiger partial charge in [0, 0.05) is 12.7 Å². The molecule has 0 amide bonds. The van der Waals surface area contributed by atoms with Crippen LogP contribution in [0.3, 0.4) is 0 Å². The third-order valence-corrected chi connectivity index (χ3v) is 4.27. The first-order valence-corrected chi connectivity index (χ1v) is 6.09. The standard InChI is InChI=1S/C12H19N3/c13-12-6-14-15(8-12)7-11-5-9-1-3-10(11)4-2-9/h6,8-11H,1-5,7,13H2. The van der Waals surface area contributed by atoms with Crippen LogP contribution in [0.15, 0.2) is 12.4 Å². The molecule has 0 aromatic carbocycles. The number of nitrogen functional groups attached to an aromatic ring is 1. The molecule has 0 saturated heterocycles. The minimum atomic E-state index is 0.788. The van der Waals surface area contributed by atoms with E-state index >= 15 is 0 Å². The maximum Gasteiger partial charge on any atom is 0.0719 e. The lowest BCUT2D eigenvalue weighted by Crippen LogP contribution is -2.33. The van der Waals surface area contributed by atoms with E-state index in [2.05, 4.69) is 5.10 Å². The van der Waals surface area contributed by atoms with Crippen LogP contribution in [0, 0.1) is 17.8 Å². The molecule has 15 heavy (non-hydrogen) atoms. The lowest BCUT2D eigenvalue weighted by atomic mass is 9.65. The number of nitrogens with two attached hydrogens (primary N) is 1. The summed E-state index contributed by atoms with van der Waals surface area (Å²) in [7, 11) is 0. The van der Waals surface area contributed by atoms with Gasteiger partial charge in [0.1, 0.15) is 0 Å². The monoisotopic (exact) mass is 205 g/mol. The fourth-order valence-corrected chi connectivity index (χ4v) is 3.46. The van der Waals surface area contributed by atoms with Gasteiger partial charge >= 0.3 is 0 Å². The van der Waals surface area contributed by atoms with Crippen LogP contribution in [0.4, 0.5) is 5.69 Å². The zero-order valence-electron chi connectivity index (χ0n) is 9.10. The summed E-state index contributed by atoms with van der Waals surface area (Å²) in [6, 6.07) is 0. The molecule has 2 N–H and O–H groups in total. The van der Waals surface area contributed by atoms with E-state index in [-0.39, 0.29) is 0 Å². The van der Waals surface area contributed by atoms with Gasteiger partial charge in [-0.25, -0.2) is 0 Å². The molecule has 3 saturated carbocycles. The molecular weight excluding hydrogens is 186 g/mol.